The van der Waals surface area contributed by atoms with Gasteiger partial charge in [-0.05, 0) is 61.0 Å². The SMILES string of the molecule is Cc1sc(C(Cl)CCC2CCCCO2)cc1Br. The van der Waals surface area contributed by atoms with E-state index in [2.05, 4.69) is 28.9 Å². The monoisotopic (exact) mass is 336 g/mol. The summed E-state index contributed by atoms with van der Waals surface area (Å²) in [7, 11) is 0. The number of thiophene rings is 1. The van der Waals surface area contributed by atoms with Crippen molar-refractivity contribution in [3.05, 3.63) is 20.3 Å². The molecule has 17 heavy (non-hydrogen) atoms. The van der Waals surface area contributed by atoms with E-state index >= 15 is 0 Å². The quantitative estimate of drug-likeness (QED) is 0.664. The molecule has 1 aliphatic rings. The Morgan fingerprint density at radius 2 is 2.41 bits per heavy atom. The maximum atomic E-state index is 6.44. The summed E-state index contributed by atoms with van der Waals surface area (Å²) in [6, 6.07) is 2.15. The van der Waals surface area contributed by atoms with Crippen molar-refractivity contribution >= 4 is 38.9 Å². The van der Waals surface area contributed by atoms with Crippen molar-refractivity contribution in [3.8, 4) is 0 Å². The fraction of sp³-hybridized carbons (Fsp3) is 0.692. The van der Waals surface area contributed by atoms with Crippen molar-refractivity contribution in [2.75, 3.05) is 6.61 Å². The Balaban J connectivity index is 1.82. The third kappa shape index (κ3) is 3.95. The molecule has 0 saturated carbocycles. The fourth-order valence-electron chi connectivity index (χ4n) is 2.15. The summed E-state index contributed by atoms with van der Waals surface area (Å²) in [6.45, 7) is 3.05. The van der Waals surface area contributed by atoms with Gasteiger partial charge in [0.25, 0.3) is 0 Å². The van der Waals surface area contributed by atoms with Crippen molar-refractivity contribution in [2.24, 2.45) is 0 Å². The van der Waals surface area contributed by atoms with Gasteiger partial charge in [0.1, 0.15) is 0 Å². The molecular weight excluding hydrogens is 320 g/mol. The highest BCUT2D eigenvalue weighted by molar-refractivity contribution is 9.10. The Hall–Kier alpha value is 0.430. The molecule has 1 aromatic heterocycles. The molecule has 0 spiro atoms. The largest absolute Gasteiger partial charge is 0.378 e. The molecule has 2 unspecified atom stereocenters. The van der Waals surface area contributed by atoms with Crippen molar-refractivity contribution < 1.29 is 4.74 Å². The lowest BCUT2D eigenvalue weighted by molar-refractivity contribution is 0.0100. The molecule has 0 bridgehead atoms. The van der Waals surface area contributed by atoms with Crippen molar-refractivity contribution in [3.63, 3.8) is 0 Å². The minimum absolute atomic E-state index is 0.135. The number of aryl methyl sites for hydroxylation is 1. The second-order valence-corrected chi connectivity index (χ2v) is 7.26. The van der Waals surface area contributed by atoms with Crippen LogP contribution in [0.25, 0.3) is 0 Å². The number of ether oxygens (including phenoxy) is 1. The topological polar surface area (TPSA) is 9.23 Å². The van der Waals surface area contributed by atoms with Crippen LogP contribution in [0.1, 0.15) is 47.2 Å². The van der Waals surface area contributed by atoms with Crippen LogP contribution in [0, 0.1) is 6.92 Å². The van der Waals surface area contributed by atoms with Crippen LogP contribution >= 0.6 is 38.9 Å². The number of alkyl halides is 1. The lowest BCUT2D eigenvalue weighted by atomic mass is 10.0. The van der Waals surface area contributed by atoms with Gasteiger partial charge in [0.05, 0.1) is 11.5 Å². The number of hydrogen-bond acceptors (Lipinski definition) is 2. The first kappa shape index (κ1) is 13.9. The minimum Gasteiger partial charge on any atom is -0.378 e. The average molecular weight is 338 g/mol. The highest BCUT2D eigenvalue weighted by Gasteiger charge is 2.18. The third-order valence-electron chi connectivity index (χ3n) is 3.20. The van der Waals surface area contributed by atoms with Crippen molar-refractivity contribution in [2.45, 2.75) is 50.5 Å². The molecule has 2 heterocycles. The Labute approximate surface area is 121 Å². The molecule has 96 valence electrons. The molecule has 0 aromatic carbocycles. The second kappa shape index (κ2) is 6.55. The van der Waals surface area contributed by atoms with E-state index in [1.807, 2.05) is 0 Å². The molecule has 1 fully saturated rings. The zero-order valence-corrected chi connectivity index (χ0v) is 13.2. The maximum absolute atomic E-state index is 6.44. The molecule has 0 amide bonds. The predicted molar refractivity (Wildman–Crippen MR) is 78.2 cm³/mol. The van der Waals surface area contributed by atoms with E-state index in [0.29, 0.717) is 6.10 Å². The Kier molecular flexibility index (Phi) is 5.34. The summed E-state index contributed by atoms with van der Waals surface area (Å²) >= 11 is 11.8. The minimum atomic E-state index is 0.135. The van der Waals surface area contributed by atoms with Crippen molar-refractivity contribution in [1.29, 1.82) is 0 Å². The van der Waals surface area contributed by atoms with Crippen LogP contribution in [0.5, 0.6) is 0 Å². The van der Waals surface area contributed by atoms with Gasteiger partial charge in [-0.3, -0.25) is 0 Å². The zero-order valence-electron chi connectivity index (χ0n) is 10.0. The van der Waals surface area contributed by atoms with E-state index in [4.69, 9.17) is 16.3 Å². The summed E-state index contributed by atoms with van der Waals surface area (Å²) in [5, 5.41) is 0.135. The fourth-order valence-corrected chi connectivity index (χ4v) is 4.04. The Morgan fingerprint density at radius 3 is 3.00 bits per heavy atom. The number of rotatable bonds is 4. The number of halogens is 2. The van der Waals surface area contributed by atoms with Crippen LogP contribution in [-0.2, 0) is 4.74 Å². The van der Waals surface area contributed by atoms with Gasteiger partial charge in [-0.15, -0.1) is 22.9 Å². The van der Waals surface area contributed by atoms with Crippen LogP contribution in [0.2, 0.25) is 0 Å². The molecule has 0 aliphatic carbocycles. The van der Waals surface area contributed by atoms with Gasteiger partial charge >= 0.3 is 0 Å². The van der Waals surface area contributed by atoms with E-state index in [1.165, 1.54) is 33.5 Å². The summed E-state index contributed by atoms with van der Waals surface area (Å²) in [6.07, 6.45) is 6.27. The van der Waals surface area contributed by atoms with Crippen LogP contribution in [0.3, 0.4) is 0 Å². The van der Waals surface area contributed by atoms with E-state index in [-0.39, 0.29) is 5.38 Å². The lowest BCUT2D eigenvalue weighted by Crippen LogP contribution is -2.19. The predicted octanol–water partition coefficient (Wildman–Crippen LogP) is 5.45. The highest BCUT2D eigenvalue weighted by atomic mass is 79.9. The van der Waals surface area contributed by atoms with Gasteiger partial charge in [-0.25, -0.2) is 0 Å². The first-order valence-electron chi connectivity index (χ1n) is 6.18. The highest BCUT2D eigenvalue weighted by Crippen LogP contribution is 2.36. The van der Waals surface area contributed by atoms with Gasteiger partial charge in [0.15, 0.2) is 0 Å². The lowest BCUT2D eigenvalue weighted by Gasteiger charge is -2.23. The first-order valence-corrected chi connectivity index (χ1v) is 8.23. The van der Waals surface area contributed by atoms with Crippen LogP contribution < -0.4 is 0 Å². The third-order valence-corrected chi connectivity index (χ3v) is 6.03. The zero-order chi connectivity index (χ0) is 12.3. The molecule has 1 aliphatic heterocycles. The smallest absolute Gasteiger partial charge is 0.0680 e. The summed E-state index contributed by atoms with van der Waals surface area (Å²) in [5.74, 6) is 0. The molecule has 1 saturated heterocycles. The van der Waals surface area contributed by atoms with Gasteiger partial charge in [-0.2, -0.15) is 0 Å². The average Bonchev–Trinajstić information content (AvgIpc) is 2.68. The number of hydrogen-bond donors (Lipinski definition) is 0. The van der Waals surface area contributed by atoms with E-state index in [1.54, 1.807) is 11.3 Å². The van der Waals surface area contributed by atoms with Crippen LogP contribution in [-0.4, -0.2) is 12.7 Å². The van der Waals surface area contributed by atoms with Gasteiger partial charge in [0.2, 0.25) is 0 Å². The van der Waals surface area contributed by atoms with Crippen molar-refractivity contribution in [1.82, 2.24) is 0 Å². The van der Waals surface area contributed by atoms with E-state index in [0.717, 1.165) is 19.4 Å². The molecule has 1 aromatic rings. The summed E-state index contributed by atoms with van der Waals surface area (Å²) < 4.78 is 6.91. The van der Waals surface area contributed by atoms with E-state index < -0.39 is 0 Å². The maximum Gasteiger partial charge on any atom is 0.0680 e. The van der Waals surface area contributed by atoms with Crippen LogP contribution in [0.15, 0.2) is 10.5 Å². The molecular formula is C13H18BrClOS. The normalized spacial score (nSPS) is 22.6. The summed E-state index contributed by atoms with van der Waals surface area (Å²) in [4.78, 5) is 2.58. The Bertz CT molecular complexity index is 341. The molecule has 1 nitrogen and oxygen atoms in total. The van der Waals surface area contributed by atoms with Gasteiger partial charge < -0.3 is 4.74 Å². The second-order valence-electron chi connectivity index (χ2n) is 4.59. The van der Waals surface area contributed by atoms with E-state index in [9.17, 15) is 0 Å². The standard InChI is InChI=1S/C13H18BrClOS/c1-9-11(14)8-13(17-9)12(15)6-5-10-4-2-3-7-16-10/h8,10,12H,2-7H2,1H3. The summed E-state index contributed by atoms with van der Waals surface area (Å²) in [5.41, 5.74) is 0. The Morgan fingerprint density at radius 1 is 1.59 bits per heavy atom. The first-order chi connectivity index (χ1) is 8.16. The van der Waals surface area contributed by atoms with Gasteiger partial charge in [-0.1, -0.05) is 0 Å². The molecule has 2 atom stereocenters. The molecule has 4 heteroatoms. The molecule has 2 rings (SSSR count). The molecule has 0 N–H and O–H groups in total. The van der Waals surface area contributed by atoms with Gasteiger partial charge in [0, 0.05) is 20.8 Å². The van der Waals surface area contributed by atoms with Crippen LogP contribution in [0.4, 0.5) is 0 Å². The molecule has 0 radical (unpaired) electrons.